The van der Waals surface area contributed by atoms with Gasteiger partial charge in [0, 0.05) is 22.4 Å². The van der Waals surface area contributed by atoms with E-state index in [-0.39, 0.29) is 0 Å². The molecule has 132 valence electrons. The Hall–Kier alpha value is -2.79. The number of ether oxygens (including phenoxy) is 3. The monoisotopic (exact) mass is 365 g/mol. The lowest BCUT2D eigenvalue weighted by atomic mass is 10.2. The molecule has 0 bridgehead atoms. The zero-order valence-electron chi connectivity index (χ0n) is 14.4. The quantitative estimate of drug-likeness (QED) is 0.651. The van der Waals surface area contributed by atoms with Crippen molar-refractivity contribution in [1.29, 1.82) is 0 Å². The van der Waals surface area contributed by atoms with Gasteiger partial charge in [0.05, 0.1) is 12.8 Å². The maximum absolute atomic E-state index is 5.46. The van der Waals surface area contributed by atoms with Gasteiger partial charge in [-0.3, -0.25) is 0 Å². The Morgan fingerprint density at radius 3 is 2.65 bits per heavy atom. The number of rotatable bonds is 6. The van der Waals surface area contributed by atoms with E-state index < -0.39 is 0 Å². The van der Waals surface area contributed by atoms with Crippen LogP contribution in [-0.2, 0) is 6.54 Å². The van der Waals surface area contributed by atoms with Gasteiger partial charge in [0.25, 0.3) is 0 Å². The minimum atomic E-state index is 0.292. The summed E-state index contributed by atoms with van der Waals surface area (Å²) in [6.07, 6.45) is 0. The predicted molar refractivity (Wildman–Crippen MR) is 103 cm³/mol. The molecule has 1 aliphatic heterocycles. The minimum absolute atomic E-state index is 0.292. The highest BCUT2D eigenvalue weighted by Crippen LogP contribution is 2.37. The number of fused-ring (bicyclic) bond motifs is 1. The topological polar surface area (TPSA) is 39.7 Å². The third-order valence-corrected chi connectivity index (χ3v) is 5.16. The largest absolute Gasteiger partial charge is 0.497 e. The number of methoxy groups -OCH3 is 1. The first kappa shape index (κ1) is 16.7. The molecule has 1 heterocycles. The van der Waals surface area contributed by atoms with Gasteiger partial charge in [-0.1, -0.05) is 36.0 Å². The Balaban J connectivity index is 1.54. The second kappa shape index (κ2) is 7.62. The number of benzene rings is 3. The highest BCUT2D eigenvalue weighted by molar-refractivity contribution is 7.99. The molecule has 0 saturated carbocycles. The van der Waals surface area contributed by atoms with Crippen LogP contribution in [0.5, 0.6) is 17.2 Å². The third kappa shape index (κ3) is 3.73. The van der Waals surface area contributed by atoms with Crippen molar-refractivity contribution >= 4 is 17.4 Å². The van der Waals surface area contributed by atoms with Crippen LogP contribution in [0.3, 0.4) is 0 Å². The molecule has 0 amide bonds. The average Bonchev–Trinajstić information content (AvgIpc) is 3.16. The van der Waals surface area contributed by atoms with Crippen LogP contribution in [0.1, 0.15) is 5.56 Å². The first-order valence-corrected chi connectivity index (χ1v) is 9.17. The fourth-order valence-electron chi connectivity index (χ4n) is 2.73. The average molecular weight is 365 g/mol. The van der Waals surface area contributed by atoms with Crippen molar-refractivity contribution < 1.29 is 14.2 Å². The summed E-state index contributed by atoms with van der Waals surface area (Å²) in [6.45, 7) is 0.978. The smallest absolute Gasteiger partial charge is 0.231 e. The molecule has 0 unspecified atom stereocenters. The highest BCUT2D eigenvalue weighted by atomic mass is 32.2. The lowest BCUT2D eigenvalue weighted by Gasteiger charge is -2.14. The Labute approximate surface area is 157 Å². The summed E-state index contributed by atoms with van der Waals surface area (Å²) in [5.74, 6) is 2.43. The highest BCUT2D eigenvalue weighted by Gasteiger charge is 2.13. The van der Waals surface area contributed by atoms with Crippen molar-refractivity contribution in [3.05, 3.63) is 72.3 Å². The maximum atomic E-state index is 5.46. The fraction of sp³-hybridized carbons (Fsp3) is 0.143. The van der Waals surface area contributed by atoms with Crippen LogP contribution in [-0.4, -0.2) is 13.9 Å². The number of hydrogen-bond donors (Lipinski definition) is 1. The van der Waals surface area contributed by atoms with Gasteiger partial charge in [-0.05, 0) is 42.0 Å². The van der Waals surface area contributed by atoms with Gasteiger partial charge < -0.3 is 19.5 Å². The zero-order chi connectivity index (χ0) is 17.8. The Morgan fingerprint density at radius 2 is 1.81 bits per heavy atom. The summed E-state index contributed by atoms with van der Waals surface area (Å²) in [6, 6.07) is 22.4. The van der Waals surface area contributed by atoms with Crippen LogP contribution < -0.4 is 19.5 Å². The van der Waals surface area contributed by atoms with E-state index in [4.69, 9.17) is 14.2 Å². The Morgan fingerprint density at radius 1 is 0.962 bits per heavy atom. The van der Waals surface area contributed by atoms with Gasteiger partial charge in [-0.2, -0.15) is 0 Å². The molecule has 3 aromatic carbocycles. The normalized spacial score (nSPS) is 12.0. The van der Waals surface area contributed by atoms with Gasteiger partial charge in [0.1, 0.15) is 5.75 Å². The van der Waals surface area contributed by atoms with Gasteiger partial charge in [0.2, 0.25) is 6.79 Å². The van der Waals surface area contributed by atoms with E-state index >= 15 is 0 Å². The number of anilines is 1. The Bertz CT molecular complexity index is 899. The standard InChI is InChI=1S/C21H19NO3S/c1-23-16-8-10-21(26-17-5-3-2-4-6-17)18(12-16)22-13-15-7-9-19-20(11-15)25-14-24-19/h2-12,22H,13-14H2,1H3. The van der Waals surface area contributed by atoms with Gasteiger partial charge in [-0.15, -0.1) is 0 Å². The number of hydrogen-bond acceptors (Lipinski definition) is 5. The fourth-order valence-corrected chi connectivity index (χ4v) is 3.65. The lowest BCUT2D eigenvalue weighted by molar-refractivity contribution is 0.174. The molecule has 0 saturated heterocycles. The second-order valence-electron chi connectivity index (χ2n) is 5.82. The molecule has 1 N–H and O–H groups in total. The first-order valence-electron chi connectivity index (χ1n) is 8.35. The summed E-state index contributed by atoms with van der Waals surface area (Å²) >= 11 is 1.73. The Kier molecular flexibility index (Phi) is 4.88. The van der Waals surface area contributed by atoms with Gasteiger partial charge >= 0.3 is 0 Å². The van der Waals surface area contributed by atoms with E-state index in [0.29, 0.717) is 13.3 Å². The van der Waals surface area contributed by atoms with Crippen molar-refractivity contribution in [2.75, 3.05) is 19.2 Å². The van der Waals surface area contributed by atoms with Crippen LogP contribution in [0.15, 0.2) is 76.5 Å². The SMILES string of the molecule is COc1ccc(Sc2ccccc2)c(NCc2ccc3c(c2)OCO3)c1. The van der Waals surface area contributed by atoms with E-state index in [2.05, 4.69) is 23.5 Å². The molecule has 1 aliphatic rings. The van der Waals surface area contributed by atoms with Crippen molar-refractivity contribution in [1.82, 2.24) is 0 Å². The van der Waals surface area contributed by atoms with Crippen molar-refractivity contribution in [2.24, 2.45) is 0 Å². The lowest BCUT2D eigenvalue weighted by Crippen LogP contribution is -2.01. The number of nitrogens with one attached hydrogen (secondary N) is 1. The van der Waals surface area contributed by atoms with Gasteiger partial charge in [0.15, 0.2) is 11.5 Å². The molecule has 0 spiro atoms. The zero-order valence-corrected chi connectivity index (χ0v) is 15.2. The van der Waals surface area contributed by atoms with Crippen molar-refractivity contribution in [2.45, 2.75) is 16.3 Å². The third-order valence-electron chi connectivity index (χ3n) is 4.08. The molecule has 4 nitrogen and oxygen atoms in total. The van der Waals surface area contributed by atoms with E-state index in [1.165, 1.54) is 4.90 Å². The molecule has 0 radical (unpaired) electrons. The van der Waals surface area contributed by atoms with Gasteiger partial charge in [-0.25, -0.2) is 0 Å². The van der Waals surface area contributed by atoms with E-state index in [9.17, 15) is 0 Å². The second-order valence-corrected chi connectivity index (χ2v) is 6.93. The molecule has 0 aromatic heterocycles. The van der Waals surface area contributed by atoms with Crippen molar-refractivity contribution in [3.63, 3.8) is 0 Å². The molecule has 26 heavy (non-hydrogen) atoms. The van der Waals surface area contributed by atoms with E-state index in [1.54, 1.807) is 18.9 Å². The molecule has 0 atom stereocenters. The van der Waals surface area contributed by atoms with Crippen LogP contribution >= 0.6 is 11.8 Å². The summed E-state index contributed by atoms with van der Waals surface area (Å²) in [7, 11) is 1.68. The summed E-state index contributed by atoms with van der Waals surface area (Å²) in [5, 5.41) is 3.52. The minimum Gasteiger partial charge on any atom is -0.497 e. The molecule has 3 aromatic rings. The van der Waals surface area contributed by atoms with Crippen molar-refractivity contribution in [3.8, 4) is 17.2 Å². The van der Waals surface area contributed by atoms with E-state index in [0.717, 1.165) is 33.4 Å². The molecule has 4 rings (SSSR count). The maximum Gasteiger partial charge on any atom is 0.231 e. The van der Waals surface area contributed by atoms with Crippen LogP contribution in [0.2, 0.25) is 0 Å². The molecule has 0 fully saturated rings. The molecule has 5 heteroatoms. The molecular formula is C21H19NO3S. The summed E-state index contributed by atoms with van der Waals surface area (Å²) < 4.78 is 16.2. The molecular weight excluding hydrogens is 346 g/mol. The first-order chi connectivity index (χ1) is 12.8. The molecule has 0 aliphatic carbocycles. The predicted octanol–water partition coefficient (Wildman–Crippen LogP) is 5.19. The van der Waals surface area contributed by atoms with Crippen LogP contribution in [0.25, 0.3) is 0 Å². The summed E-state index contributed by atoms with van der Waals surface area (Å²) in [5.41, 5.74) is 2.17. The van der Waals surface area contributed by atoms with E-state index in [1.807, 2.05) is 48.5 Å². The summed E-state index contributed by atoms with van der Waals surface area (Å²) in [4.78, 5) is 2.35. The van der Waals surface area contributed by atoms with Crippen LogP contribution in [0.4, 0.5) is 5.69 Å². The van der Waals surface area contributed by atoms with Crippen LogP contribution in [0, 0.1) is 0 Å².